The minimum Gasteiger partial charge on any atom is -0.493 e. The number of sulfone groups is 1. The first kappa shape index (κ1) is 30.9. The highest BCUT2D eigenvalue weighted by atomic mass is 32.2. The Kier molecular flexibility index (Phi) is 9.54. The molecule has 1 aromatic heterocycles. The quantitative estimate of drug-likeness (QED) is 0.169. The molecule has 0 N–H and O–H groups in total. The lowest BCUT2D eigenvalue weighted by molar-refractivity contribution is -0.143. The highest BCUT2D eigenvalue weighted by Gasteiger charge is 2.25. The number of rotatable bonds is 11. The largest absolute Gasteiger partial charge is 0.493 e. The Labute approximate surface area is 264 Å². The van der Waals surface area contributed by atoms with E-state index in [2.05, 4.69) is 35.5 Å². The van der Waals surface area contributed by atoms with Crippen LogP contribution in [0.1, 0.15) is 66.5 Å². The van der Waals surface area contributed by atoms with Gasteiger partial charge in [0.1, 0.15) is 34.2 Å². The van der Waals surface area contributed by atoms with Gasteiger partial charge in [0, 0.05) is 12.0 Å². The first-order valence-corrected chi connectivity index (χ1v) is 17.6. The summed E-state index contributed by atoms with van der Waals surface area (Å²) in [4.78, 5) is 12.2. The zero-order valence-electron chi connectivity index (χ0n) is 25.6. The highest BCUT2D eigenvalue weighted by molar-refractivity contribution is 7.91. The Hall–Kier alpha value is -4.11. The maximum atomic E-state index is 12.2. The van der Waals surface area contributed by atoms with Crippen molar-refractivity contribution in [2.24, 2.45) is 5.92 Å². The van der Waals surface area contributed by atoms with E-state index in [1.165, 1.54) is 28.5 Å². The summed E-state index contributed by atoms with van der Waals surface area (Å²) in [5.41, 5.74) is 7.77. The van der Waals surface area contributed by atoms with E-state index in [1.807, 2.05) is 30.3 Å². The molecule has 0 bridgehead atoms. The van der Waals surface area contributed by atoms with Crippen molar-refractivity contribution in [3.8, 4) is 22.6 Å². The number of benzene rings is 3. The fourth-order valence-corrected chi connectivity index (χ4v) is 7.83. The number of fused-ring (bicyclic) bond motifs is 3. The SMILES string of the molecule is CCOC(=O)C[C@@H](c1ccc(OCc2ccc3c(c2)-c2ccc(OCC4CCS(=O)(=O)CC4)cc2CCC3)cc1)c1ccon1. The van der Waals surface area contributed by atoms with Crippen LogP contribution in [0.4, 0.5) is 0 Å². The van der Waals surface area contributed by atoms with Crippen LogP contribution in [-0.2, 0) is 38.8 Å². The third kappa shape index (κ3) is 7.76. The average Bonchev–Trinajstić information content (AvgIpc) is 3.52. The van der Waals surface area contributed by atoms with Crippen molar-refractivity contribution in [2.75, 3.05) is 24.7 Å². The van der Waals surface area contributed by atoms with Gasteiger partial charge < -0.3 is 18.7 Å². The van der Waals surface area contributed by atoms with Crippen molar-refractivity contribution < 1.29 is 31.9 Å². The van der Waals surface area contributed by atoms with Crippen LogP contribution in [0, 0.1) is 5.92 Å². The Morgan fingerprint density at radius 1 is 0.911 bits per heavy atom. The Morgan fingerprint density at radius 2 is 1.69 bits per heavy atom. The zero-order valence-corrected chi connectivity index (χ0v) is 26.4. The number of carbonyl (C=O) groups is 1. The van der Waals surface area contributed by atoms with Crippen molar-refractivity contribution >= 4 is 15.8 Å². The summed E-state index contributed by atoms with van der Waals surface area (Å²) >= 11 is 0. The lowest BCUT2D eigenvalue weighted by Crippen LogP contribution is -2.26. The number of aromatic nitrogens is 1. The molecule has 236 valence electrons. The number of nitrogens with zero attached hydrogens (tertiary/aromatic N) is 1. The minimum atomic E-state index is -2.87. The summed E-state index contributed by atoms with van der Waals surface area (Å²) in [7, 11) is -2.87. The molecule has 1 saturated heterocycles. The summed E-state index contributed by atoms with van der Waals surface area (Å²) in [5, 5.41) is 4.06. The molecule has 0 spiro atoms. The number of aryl methyl sites for hydroxylation is 2. The van der Waals surface area contributed by atoms with Crippen LogP contribution in [0.3, 0.4) is 0 Å². The first-order chi connectivity index (χ1) is 21.9. The fraction of sp³-hybridized carbons (Fsp3) is 0.389. The molecule has 0 unspecified atom stereocenters. The highest BCUT2D eigenvalue weighted by Crippen LogP contribution is 2.36. The normalized spacial score (nSPS) is 16.6. The summed E-state index contributed by atoms with van der Waals surface area (Å²) < 4.78 is 46.0. The Balaban J connectivity index is 1.11. The molecular weight excluding hydrogens is 590 g/mol. The van der Waals surface area contributed by atoms with Crippen LogP contribution in [0.2, 0.25) is 0 Å². The van der Waals surface area contributed by atoms with Crippen LogP contribution in [0.25, 0.3) is 11.1 Å². The molecule has 9 heteroatoms. The van der Waals surface area contributed by atoms with Gasteiger partial charge in [-0.05, 0) is 109 Å². The summed E-state index contributed by atoms with van der Waals surface area (Å²) in [6.45, 7) is 3.11. The van der Waals surface area contributed by atoms with Gasteiger partial charge in [0.15, 0.2) is 0 Å². The molecule has 3 aromatic carbocycles. The van der Waals surface area contributed by atoms with Gasteiger partial charge in [0.25, 0.3) is 0 Å². The molecule has 0 radical (unpaired) electrons. The fourth-order valence-electron chi connectivity index (χ4n) is 6.24. The molecule has 0 saturated carbocycles. The van der Waals surface area contributed by atoms with E-state index in [-0.39, 0.29) is 35.7 Å². The zero-order chi connectivity index (χ0) is 31.2. The molecule has 8 nitrogen and oxygen atoms in total. The number of hydrogen-bond donors (Lipinski definition) is 0. The second kappa shape index (κ2) is 13.9. The van der Waals surface area contributed by atoms with Gasteiger partial charge in [-0.25, -0.2) is 8.42 Å². The van der Waals surface area contributed by atoms with Crippen LogP contribution < -0.4 is 9.47 Å². The molecular formula is C36H39NO7S. The predicted octanol–water partition coefficient (Wildman–Crippen LogP) is 6.70. The van der Waals surface area contributed by atoms with Gasteiger partial charge in [-0.2, -0.15) is 0 Å². The van der Waals surface area contributed by atoms with E-state index in [0.717, 1.165) is 41.9 Å². The van der Waals surface area contributed by atoms with Gasteiger partial charge >= 0.3 is 5.97 Å². The third-order valence-electron chi connectivity index (χ3n) is 8.77. The van der Waals surface area contributed by atoms with E-state index in [0.29, 0.717) is 38.4 Å². The van der Waals surface area contributed by atoms with Crippen LogP contribution in [-0.4, -0.2) is 44.3 Å². The van der Waals surface area contributed by atoms with Gasteiger partial charge in [0.05, 0.1) is 36.8 Å². The molecule has 2 heterocycles. The molecule has 1 aliphatic carbocycles. The molecule has 6 rings (SSSR count). The van der Waals surface area contributed by atoms with E-state index < -0.39 is 9.84 Å². The van der Waals surface area contributed by atoms with E-state index in [1.54, 1.807) is 13.0 Å². The van der Waals surface area contributed by atoms with Gasteiger partial charge in [0.2, 0.25) is 0 Å². The number of hydrogen-bond acceptors (Lipinski definition) is 8. The first-order valence-electron chi connectivity index (χ1n) is 15.7. The predicted molar refractivity (Wildman–Crippen MR) is 171 cm³/mol. The van der Waals surface area contributed by atoms with Crippen molar-refractivity contribution in [2.45, 2.75) is 58.0 Å². The lowest BCUT2D eigenvalue weighted by atomic mass is 9.92. The molecule has 1 atom stereocenters. The molecule has 1 fully saturated rings. The van der Waals surface area contributed by atoms with E-state index in [9.17, 15) is 13.2 Å². The van der Waals surface area contributed by atoms with Crippen LogP contribution in [0.5, 0.6) is 11.5 Å². The molecule has 4 aromatic rings. The van der Waals surface area contributed by atoms with Crippen molar-refractivity contribution in [1.82, 2.24) is 5.16 Å². The smallest absolute Gasteiger partial charge is 0.306 e. The number of esters is 1. The molecule has 2 aliphatic rings. The Bertz CT molecular complexity index is 1700. The third-order valence-corrected chi connectivity index (χ3v) is 10.5. The monoisotopic (exact) mass is 629 g/mol. The lowest BCUT2D eigenvalue weighted by Gasteiger charge is -2.22. The van der Waals surface area contributed by atoms with E-state index in [4.69, 9.17) is 18.7 Å². The summed E-state index contributed by atoms with van der Waals surface area (Å²) in [6, 6.07) is 22.4. The minimum absolute atomic E-state index is 0.178. The number of carbonyl (C=O) groups excluding carboxylic acids is 1. The van der Waals surface area contributed by atoms with Gasteiger partial charge in [-0.15, -0.1) is 0 Å². The maximum Gasteiger partial charge on any atom is 0.306 e. The maximum absolute atomic E-state index is 12.2. The molecule has 0 amide bonds. The average molecular weight is 630 g/mol. The van der Waals surface area contributed by atoms with Crippen LogP contribution >= 0.6 is 0 Å². The van der Waals surface area contributed by atoms with Gasteiger partial charge in [-0.1, -0.05) is 35.5 Å². The number of ether oxygens (including phenoxy) is 3. The van der Waals surface area contributed by atoms with Crippen molar-refractivity contribution in [1.29, 1.82) is 0 Å². The Morgan fingerprint density at radius 3 is 2.44 bits per heavy atom. The summed E-state index contributed by atoms with van der Waals surface area (Å²) in [6.07, 6.45) is 6.09. The van der Waals surface area contributed by atoms with Gasteiger partial charge in [-0.3, -0.25) is 4.79 Å². The second-order valence-electron chi connectivity index (χ2n) is 11.9. The van der Waals surface area contributed by atoms with E-state index >= 15 is 0 Å². The van der Waals surface area contributed by atoms with Crippen molar-refractivity contribution in [3.63, 3.8) is 0 Å². The molecule has 1 aliphatic heterocycles. The van der Waals surface area contributed by atoms with Crippen LogP contribution in [0.15, 0.2) is 77.5 Å². The topological polar surface area (TPSA) is 105 Å². The second-order valence-corrected chi connectivity index (χ2v) is 14.2. The standard InChI is InChI=1S/C36H39NO7S/c1-2-41-36(38)22-34(35-14-17-44-37-35)28-8-10-30(11-9-28)42-24-26-6-7-27-4-3-5-29-21-31(12-13-32(29)33(27)20-26)43-23-25-15-18-45(39,40)19-16-25/h6-14,17,20-21,25,34H,2-5,15-16,18-19,22-24H2,1H3/t34-/m0/s1. The summed E-state index contributed by atoms with van der Waals surface area (Å²) in [5.74, 6) is 1.85. The van der Waals surface area contributed by atoms with Crippen molar-refractivity contribution in [3.05, 3.63) is 101 Å². The molecule has 45 heavy (non-hydrogen) atoms.